The van der Waals surface area contributed by atoms with Gasteiger partial charge in [-0.1, -0.05) is 24.3 Å². The lowest BCUT2D eigenvalue weighted by Crippen LogP contribution is -2.16. The van der Waals surface area contributed by atoms with Crippen LogP contribution in [0, 0.1) is 6.92 Å². The Kier molecular flexibility index (Phi) is 25.8. The number of hydrogen-bond donors (Lipinski definition) is 0. The Bertz CT molecular complexity index is 970. The highest BCUT2D eigenvalue weighted by molar-refractivity contribution is 7.91. The van der Waals surface area contributed by atoms with Crippen LogP contribution in [0.1, 0.15) is 12.5 Å². The predicted octanol–water partition coefficient (Wildman–Crippen LogP) is 2.04. The predicted molar refractivity (Wildman–Crippen MR) is 166 cm³/mol. The molecule has 14 heteroatoms. The molecule has 0 aromatic heterocycles. The Balaban J connectivity index is 1.70. The highest BCUT2D eigenvalue weighted by Crippen LogP contribution is 2.12. The lowest BCUT2D eigenvalue weighted by Gasteiger charge is -2.09. The molecule has 0 aliphatic carbocycles. The van der Waals surface area contributed by atoms with Gasteiger partial charge < -0.3 is 47.4 Å². The molecule has 0 bridgehead atoms. The van der Waals surface area contributed by atoms with Crippen LogP contribution in [0.5, 0.6) is 0 Å². The maximum absolute atomic E-state index is 12.2. The standard InChI is InChI=1S/C31H52O13S/c1-28(2)31(32)44-25-24-42-21-20-40-17-16-38-13-12-36-9-8-35-10-11-37-14-15-39-18-19-41-22-23-43-26-27-45(33,34)30-6-4-29(3)5-7-30/h4-7H,1,8-27H2,2-3H3. The van der Waals surface area contributed by atoms with Gasteiger partial charge in [0.1, 0.15) is 6.61 Å². The Morgan fingerprint density at radius 3 is 1.13 bits per heavy atom. The summed E-state index contributed by atoms with van der Waals surface area (Å²) in [4.78, 5) is 11.5. The molecule has 1 aromatic carbocycles. The molecule has 0 fully saturated rings. The number of ether oxygens (including phenoxy) is 10. The number of hydrogen-bond acceptors (Lipinski definition) is 13. The van der Waals surface area contributed by atoms with Crippen molar-refractivity contribution in [3.8, 4) is 0 Å². The van der Waals surface area contributed by atoms with Gasteiger partial charge in [0.05, 0.1) is 130 Å². The molecule has 0 saturated carbocycles. The largest absolute Gasteiger partial charge is 0.460 e. The number of carbonyl (C=O) groups excluding carboxylic acids is 1. The van der Waals surface area contributed by atoms with E-state index in [0.717, 1.165) is 5.56 Å². The van der Waals surface area contributed by atoms with Gasteiger partial charge in [0.25, 0.3) is 0 Å². The first-order chi connectivity index (χ1) is 21.8. The number of carbonyl (C=O) groups is 1. The topological polar surface area (TPSA) is 144 Å². The molecule has 0 amide bonds. The number of aryl methyl sites for hydroxylation is 1. The minimum absolute atomic E-state index is 0.0642. The first-order valence-corrected chi connectivity index (χ1v) is 16.8. The quantitative estimate of drug-likeness (QED) is 0.0630. The van der Waals surface area contributed by atoms with Crippen LogP contribution in [0.4, 0.5) is 0 Å². The molecule has 0 radical (unpaired) electrons. The summed E-state index contributed by atoms with van der Waals surface area (Å²) in [5.74, 6) is -0.483. The minimum Gasteiger partial charge on any atom is -0.460 e. The molecule has 260 valence electrons. The van der Waals surface area contributed by atoms with Crippen molar-refractivity contribution in [2.75, 3.05) is 131 Å². The second-order valence-electron chi connectivity index (χ2n) is 9.56. The summed E-state index contributed by atoms with van der Waals surface area (Å²) in [5.41, 5.74) is 1.38. The molecule has 0 aliphatic heterocycles. The summed E-state index contributed by atoms with van der Waals surface area (Å²) in [6, 6.07) is 6.79. The van der Waals surface area contributed by atoms with Crippen molar-refractivity contribution >= 4 is 15.8 Å². The van der Waals surface area contributed by atoms with Crippen molar-refractivity contribution in [3.63, 3.8) is 0 Å². The molecule has 1 rings (SSSR count). The average Bonchev–Trinajstić information content (AvgIpc) is 3.02. The van der Waals surface area contributed by atoms with Crippen LogP contribution < -0.4 is 0 Å². The summed E-state index contributed by atoms with van der Waals surface area (Å²) in [7, 11) is -3.34. The van der Waals surface area contributed by atoms with E-state index in [2.05, 4.69) is 6.58 Å². The van der Waals surface area contributed by atoms with Crippen molar-refractivity contribution < 1.29 is 60.6 Å². The van der Waals surface area contributed by atoms with Crippen molar-refractivity contribution in [1.29, 1.82) is 0 Å². The lowest BCUT2D eigenvalue weighted by molar-refractivity contribution is -0.140. The van der Waals surface area contributed by atoms with E-state index >= 15 is 0 Å². The zero-order chi connectivity index (χ0) is 32.9. The molecular weight excluding hydrogens is 612 g/mol. The van der Waals surface area contributed by atoms with Gasteiger partial charge in [0.2, 0.25) is 0 Å². The zero-order valence-corrected chi connectivity index (χ0v) is 27.7. The zero-order valence-electron chi connectivity index (χ0n) is 26.9. The fourth-order valence-corrected chi connectivity index (χ4v) is 4.33. The van der Waals surface area contributed by atoms with E-state index in [9.17, 15) is 13.2 Å². The summed E-state index contributed by atoms with van der Waals surface area (Å²) in [6.07, 6.45) is 0. The number of sulfone groups is 1. The maximum Gasteiger partial charge on any atom is 0.333 e. The molecule has 45 heavy (non-hydrogen) atoms. The van der Waals surface area contributed by atoms with Gasteiger partial charge in [-0.05, 0) is 26.0 Å². The summed E-state index contributed by atoms with van der Waals surface area (Å²) < 4.78 is 78.1. The third-order valence-corrected chi connectivity index (χ3v) is 7.36. The van der Waals surface area contributed by atoms with Crippen LogP contribution in [-0.4, -0.2) is 146 Å². The van der Waals surface area contributed by atoms with Crippen LogP contribution in [0.15, 0.2) is 41.3 Å². The van der Waals surface area contributed by atoms with E-state index in [0.29, 0.717) is 123 Å². The molecule has 13 nitrogen and oxygen atoms in total. The normalized spacial score (nSPS) is 11.6. The first-order valence-electron chi connectivity index (χ1n) is 15.1. The Morgan fingerprint density at radius 1 is 0.533 bits per heavy atom. The van der Waals surface area contributed by atoms with E-state index in [1.165, 1.54) is 0 Å². The first kappa shape index (κ1) is 41.0. The molecular formula is C31H52O13S. The van der Waals surface area contributed by atoms with Gasteiger partial charge in [-0.15, -0.1) is 0 Å². The molecule has 0 unspecified atom stereocenters. The van der Waals surface area contributed by atoms with Crippen molar-refractivity contribution in [2.45, 2.75) is 18.7 Å². The third kappa shape index (κ3) is 24.9. The Hall–Kier alpha value is -1.98. The number of esters is 1. The van der Waals surface area contributed by atoms with E-state index in [-0.39, 0.29) is 19.0 Å². The van der Waals surface area contributed by atoms with Gasteiger partial charge in [-0.3, -0.25) is 0 Å². The van der Waals surface area contributed by atoms with E-state index in [4.69, 9.17) is 47.4 Å². The SMILES string of the molecule is C=C(C)C(=O)OCCOCCOCCOCCOCCOCCOCCOCCOCCOCCS(=O)(=O)c1ccc(C)cc1. The average molecular weight is 665 g/mol. The Labute approximate surface area is 268 Å². The van der Waals surface area contributed by atoms with Gasteiger partial charge in [-0.2, -0.15) is 0 Å². The molecule has 0 saturated heterocycles. The monoisotopic (exact) mass is 664 g/mol. The number of rotatable bonds is 32. The Morgan fingerprint density at radius 2 is 0.822 bits per heavy atom. The van der Waals surface area contributed by atoms with Gasteiger partial charge in [0.15, 0.2) is 9.84 Å². The van der Waals surface area contributed by atoms with Crippen molar-refractivity contribution in [3.05, 3.63) is 42.0 Å². The van der Waals surface area contributed by atoms with Crippen LogP contribution >= 0.6 is 0 Å². The number of benzene rings is 1. The highest BCUT2D eigenvalue weighted by Gasteiger charge is 2.13. The smallest absolute Gasteiger partial charge is 0.333 e. The minimum atomic E-state index is -3.34. The van der Waals surface area contributed by atoms with Crippen LogP contribution in [-0.2, 0) is 62.0 Å². The second kappa shape index (κ2) is 28.3. The van der Waals surface area contributed by atoms with Crippen molar-refractivity contribution in [2.24, 2.45) is 0 Å². The molecule has 0 aliphatic rings. The fourth-order valence-electron chi connectivity index (χ4n) is 3.21. The molecule has 0 spiro atoms. The van der Waals surface area contributed by atoms with Crippen molar-refractivity contribution in [1.82, 2.24) is 0 Å². The van der Waals surface area contributed by atoms with Gasteiger partial charge >= 0.3 is 5.97 Å². The third-order valence-electron chi connectivity index (χ3n) is 5.66. The van der Waals surface area contributed by atoms with E-state index in [1.807, 2.05) is 6.92 Å². The molecule has 1 aromatic rings. The molecule has 0 N–H and O–H groups in total. The summed E-state index contributed by atoms with van der Waals surface area (Å²) >= 11 is 0. The van der Waals surface area contributed by atoms with E-state index < -0.39 is 15.8 Å². The van der Waals surface area contributed by atoms with Crippen LogP contribution in [0.2, 0.25) is 0 Å². The lowest BCUT2D eigenvalue weighted by atomic mass is 10.2. The highest BCUT2D eigenvalue weighted by atomic mass is 32.2. The molecule has 0 heterocycles. The second-order valence-corrected chi connectivity index (χ2v) is 11.7. The van der Waals surface area contributed by atoms with Gasteiger partial charge in [0, 0.05) is 5.57 Å². The fraction of sp³-hybridized carbons (Fsp3) is 0.710. The maximum atomic E-state index is 12.2. The van der Waals surface area contributed by atoms with Crippen LogP contribution in [0.3, 0.4) is 0 Å². The summed E-state index contributed by atoms with van der Waals surface area (Å²) in [5, 5.41) is 0. The molecule has 0 atom stereocenters. The van der Waals surface area contributed by atoms with E-state index in [1.54, 1.807) is 31.2 Å². The van der Waals surface area contributed by atoms with Gasteiger partial charge in [-0.25, -0.2) is 13.2 Å². The van der Waals surface area contributed by atoms with Crippen LogP contribution in [0.25, 0.3) is 0 Å². The summed E-state index contributed by atoms with van der Waals surface area (Å²) in [6.45, 7) is 14.7.